The second-order valence-electron chi connectivity index (χ2n) is 7.65. The molecule has 10 heteroatoms. The van der Waals surface area contributed by atoms with E-state index in [4.69, 9.17) is 16.3 Å². The van der Waals surface area contributed by atoms with Gasteiger partial charge in [0, 0.05) is 33.2 Å². The average Bonchev–Trinajstić information content (AvgIpc) is 3.28. The van der Waals surface area contributed by atoms with E-state index in [0.29, 0.717) is 32.1 Å². The lowest BCUT2D eigenvalue weighted by atomic mass is 9.98. The van der Waals surface area contributed by atoms with Gasteiger partial charge in [0.1, 0.15) is 0 Å². The molecule has 2 saturated heterocycles. The van der Waals surface area contributed by atoms with Gasteiger partial charge in [-0.15, -0.1) is 0 Å². The van der Waals surface area contributed by atoms with Gasteiger partial charge in [-0.2, -0.15) is 0 Å². The van der Waals surface area contributed by atoms with Gasteiger partial charge in [-0.25, -0.2) is 9.97 Å². The molecule has 1 aromatic rings. The third kappa shape index (κ3) is 5.19. The summed E-state index contributed by atoms with van der Waals surface area (Å²) >= 11 is 6.17. The molecule has 0 radical (unpaired) electrons. The van der Waals surface area contributed by atoms with E-state index < -0.39 is 5.91 Å². The summed E-state index contributed by atoms with van der Waals surface area (Å²) in [6, 6.07) is 0. The van der Waals surface area contributed by atoms with Crippen LogP contribution >= 0.6 is 11.6 Å². The minimum Gasteiger partial charge on any atom is -0.466 e. The SMILES string of the molecule is CCOC(=O)C1CCCN(C(=O)CN(C)C(=O)c2nc(N3CCCC3)ncc2Cl)C1. The quantitative estimate of drug-likeness (QED) is 0.623. The fourth-order valence-electron chi connectivity index (χ4n) is 3.79. The number of hydrogen-bond donors (Lipinski definition) is 0. The number of esters is 1. The molecule has 9 nitrogen and oxygen atoms in total. The molecule has 0 saturated carbocycles. The number of likely N-dealkylation sites (N-methyl/N-ethyl adjacent to an activating group) is 1. The molecule has 0 bridgehead atoms. The van der Waals surface area contributed by atoms with Crippen molar-refractivity contribution in [2.24, 2.45) is 5.92 Å². The summed E-state index contributed by atoms with van der Waals surface area (Å²) in [7, 11) is 1.54. The van der Waals surface area contributed by atoms with Crippen molar-refractivity contribution in [2.75, 3.05) is 51.3 Å². The predicted octanol–water partition coefficient (Wildman–Crippen LogP) is 1.60. The van der Waals surface area contributed by atoms with Crippen LogP contribution in [0.3, 0.4) is 0 Å². The van der Waals surface area contributed by atoms with Crippen molar-refractivity contribution in [3.8, 4) is 0 Å². The highest BCUT2D eigenvalue weighted by Crippen LogP contribution is 2.21. The highest BCUT2D eigenvalue weighted by molar-refractivity contribution is 6.33. The Balaban J connectivity index is 1.63. The number of aromatic nitrogens is 2. The molecule has 1 aromatic heterocycles. The Hall–Kier alpha value is -2.42. The van der Waals surface area contributed by atoms with Crippen molar-refractivity contribution >= 4 is 35.3 Å². The lowest BCUT2D eigenvalue weighted by molar-refractivity contribution is -0.151. The maximum atomic E-state index is 12.9. The summed E-state index contributed by atoms with van der Waals surface area (Å²) < 4.78 is 5.08. The summed E-state index contributed by atoms with van der Waals surface area (Å²) in [6.45, 7) is 4.53. The molecular formula is C20H28ClN5O4. The molecule has 1 unspecified atom stereocenters. The number of anilines is 1. The van der Waals surface area contributed by atoms with Crippen LogP contribution in [-0.2, 0) is 14.3 Å². The molecule has 2 aliphatic rings. The van der Waals surface area contributed by atoms with E-state index in [1.54, 1.807) is 18.9 Å². The second kappa shape index (κ2) is 10.1. The molecule has 0 spiro atoms. The number of halogens is 1. The second-order valence-corrected chi connectivity index (χ2v) is 8.06. The van der Waals surface area contributed by atoms with Gasteiger partial charge >= 0.3 is 5.97 Å². The number of likely N-dealkylation sites (tertiary alicyclic amines) is 1. The lowest BCUT2D eigenvalue weighted by Crippen LogP contribution is -2.47. The molecule has 1 atom stereocenters. The maximum Gasteiger partial charge on any atom is 0.310 e. The summed E-state index contributed by atoms with van der Waals surface area (Å²) in [5.41, 5.74) is 0.0897. The number of amides is 2. The Kier molecular flexibility index (Phi) is 7.47. The average molecular weight is 438 g/mol. The number of carbonyl (C=O) groups excluding carboxylic acids is 3. The minimum absolute atomic E-state index is 0.0897. The maximum absolute atomic E-state index is 12.9. The standard InChI is InChI=1S/C20H28ClN5O4/c1-3-30-19(29)14-7-6-10-26(12-14)16(27)13-24(2)18(28)17-15(21)11-22-20(23-17)25-8-4-5-9-25/h11,14H,3-10,12-13H2,1-2H3. The third-order valence-electron chi connectivity index (χ3n) is 5.44. The fraction of sp³-hybridized carbons (Fsp3) is 0.650. The number of nitrogens with zero attached hydrogens (tertiary/aromatic N) is 5. The topological polar surface area (TPSA) is 95.9 Å². The van der Waals surface area contributed by atoms with Crippen LogP contribution in [0.2, 0.25) is 5.02 Å². The van der Waals surface area contributed by atoms with Gasteiger partial charge in [0.25, 0.3) is 5.91 Å². The number of carbonyl (C=O) groups is 3. The van der Waals surface area contributed by atoms with Crippen LogP contribution in [0, 0.1) is 5.92 Å². The molecule has 3 heterocycles. The van der Waals surface area contributed by atoms with Gasteiger partial charge < -0.3 is 19.4 Å². The number of piperidine rings is 1. The Morgan fingerprint density at radius 2 is 1.97 bits per heavy atom. The van der Waals surface area contributed by atoms with Crippen molar-refractivity contribution in [1.29, 1.82) is 0 Å². The van der Waals surface area contributed by atoms with Crippen LogP contribution < -0.4 is 4.90 Å². The Morgan fingerprint density at radius 1 is 1.23 bits per heavy atom. The number of hydrogen-bond acceptors (Lipinski definition) is 7. The van der Waals surface area contributed by atoms with Gasteiger partial charge in [-0.3, -0.25) is 14.4 Å². The van der Waals surface area contributed by atoms with Crippen molar-refractivity contribution in [1.82, 2.24) is 19.8 Å². The van der Waals surface area contributed by atoms with Crippen LogP contribution in [0.4, 0.5) is 5.95 Å². The molecule has 30 heavy (non-hydrogen) atoms. The molecule has 0 N–H and O–H groups in total. The van der Waals surface area contributed by atoms with Gasteiger partial charge in [0.15, 0.2) is 5.69 Å². The summed E-state index contributed by atoms with van der Waals surface area (Å²) in [6.07, 6.45) is 4.98. The lowest BCUT2D eigenvalue weighted by Gasteiger charge is -2.32. The Bertz CT molecular complexity index is 799. The Labute approximate surface area is 181 Å². The zero-order valence-electron chi connectivity index (χ0n) is 17.5. The predicted molar refractivity (Wildman–Crippen MR) is 111 cm³/mol. The first-order valence-electron chi connectivity index (χ1n) is 10.4. The zero-order valence-corrected chi connectivity index (χ0v) is 18.2. The monoisotopic (exact) mass is 437 g/mol. The third-order valence-corrected chi connectivity index (χ3v) is 5.71. The van der Waals surface area contributed by atoms with Gasteiger partial charge in [0.2, 0.25) is 11.9 Å². The van der Waals surface area contributed by atoms with E-state index >= 15 is 0 Å². The highest BCUT2D eigenvalue weighted by Gasteiger charge is 2.31. The Morgan fingerprint density at radius 3 is 2.67 bits per heavy atom. The summed E-state index contributed by atoms with van der Waals surface area (Å²) in [5.74, 6) is -0.766. The van der Waals surface area contributed by atoms with Crippen LogP contribution in [0.15, 0.2) is 6.20 Å². The van der Waals surface area contributed by atoms with E-state index in [0.717, 1.165) is 32.4 Å². The van der Waals surface area contributed by atoms with Gasteiger partial charge in [0.05, 0.1) is 30.3 Å². The highest BCUT2D eigenvalue weighted by atomic mass is 35.5. The first kappa shape index (κ1) is 22.3. The van der Waals surface area contributed by atoms with Gasteiger partial charge in [-0.05, 0) is 32.6 Å². The summed E-state index contributed by atoms with van der Waals surface area (Å²) in [4.78, 5) is 51.2. The molecule has 164 valence electrons. The van der Waals surface area contributed by atoms with Crippen LogP contribution in [0.25, 0.3) is 0 Å². The molecule has 2 fully saturated rings. The molecule has 2 aliphatic heterocycles. The smallest absolute Gasteiger partial charge is 0.310 e. The largest absolute Gasteiger partial charge is 0.466 e. The van der Waals surface area contributed by atoms with Crippen LogP contribution in [0.1, 0.15) is 43.1 Å². The van der Waals surface area contributed by atoms with Crippen molar-refractivity contribution < 1.29 is 19.1 Å². The molecule has 3 rings (SSSR count). The minimum atomic E-state index is -0.435. The van der Waals surface area contributed by atoms with Crippen molar-refractivity contribution in [2.45, 2.75) is 32.6 Å². The number of rotatable bonds is 6. The van der Waals surface area contributed by atoms with Gasteiger partial charge in [-0.1, -0.05) is 11.6 Å². The molecule has 0 aliphatic carbocycles. The van der Waals surface area contributed by atoms with E-state index in [2.05, 4.69) is 9.97 Å². The zero-order chi connectivity index (χ0) is 21.7. The van der Waals surface area contributed by atoms with E-state index in [9.17, 15) is 14.4 Å². The van der Waals surface area contributed by atoms with E-state index in [-0.39, 0.29) is 35.1 Å². The van der Waals surface area contributed by atoms with Crippen molar-refractivity contribution in [3.63, 3.8) is 0 Å². The first-order valence-corrected chi connectivity index (χ1v) is 10.8. The molecule has 2 amide bonds. The van der Waals surface area contributed by atoms with E-state index in [1.165, 1.54) is 11.1 Å². The number of ether oxygens (including phenoxy) is 1. The molecular weight excluding hydrogens is 410 g/mol. The van der Waals surface area contributed by atoms with Crippen LogP contribution in [-0.4, -0.2) is 83.9 Å². The van der Waals surface area contributed by atoms with E-state index in [1.807, 2.05) is 4.90 Å². The molecule has 0 aromatic carbocycles. The normalized spacial score (nSPS) is 19.0. The summed E-state index contributed by atoms with van der Waals surface area (Å²) in [5, 5.41) is 0.155. The first-order chi connectivity index (χ1) is 14.4. The van der Waals surface area contributed by atoms with Crippen LogP contribution in [0.5, 0.6) is 0 Å². The fourth-order valence-corrected chi connectivity index (χ4v) is 3.96. The van der Waals surface area contributed by atoms with Crippen molar-refractivity contribution in [3.05, 3.63) is 16.9 Å².